The van der Waals surface area contributed by atoms with E-state index in [0.29, 0.717) is 23.4 Å². The summed E-state index contributed by atoms with van der Waals surface area (Å²) in [6.07, 6.45) is 1.64. The molecule has 0 fully saturated rings. The molecule has 4 heteroatoms. The smallest absolute Gasteiger partial charge is 0.237 e. The Labute approximate surface area is 138 Å². The maximum Gasteiger partial charge on any atom is 0.237 e. The summed E-state index contributed by atoms with van der Waals surface area (Å²) in [4.78, 5) is 26.4. The lowest BCUT2D eigenvalue weighted by atomic mass is 10.0. The van der Waals surface area contributed by atoms with E-state index in [0.717, 1.165) is 0 Å². The van der Waals surface area contributed by atoms with Crippen molar-refractivity contribution in [1.82, 2.24) is 0 Å². The molecular formula is C18H16BrNO2. The van der Waals surface area contributed by atoms with Gasteiger partial charge in [0.25, 0.3) is 0 Å². The lowest BCUT2D eigenvalue weighted by Gasteiger charge is -2.23. The molecule has 0 atom stereocenters. The van der Waals surface area contributed by atoms with Crippen LogP contribution in [-0.2, 0) is 4.79 Å². The first kappa shape index (κ1) is 16.2. The van der Waals surface area contributed by atoms with Gasteiger partial charge in [-0.3, -0.25) is 9.59 Å². The van der Waals surface area contributed by atoms with Crippen molar-refractivity contribution in [3.8, 4) is 0 Å². The second-order valence-electron chi connectivity index (χ2n) is 4.64. The highest BCUT2D eigenvalue weighted by Gasteiger charge is 2.20. The normalized spacial score (nSPS) is 10.0. The van der Waals surface area contributed by atoms with Gasteiger partial charge in [-0.25, -0.2) is 0 Å². The third-order valence-electron chi connectivity index (χ3n) is 3.20. The van der Waals surface area contributed by atoms with Crippen LogP contribution in [0.25, 0.3) is 0 Å². The number of nitrogens with zero attached hydrogens (tertiary/aromatic N) is 1. The van der Waals surface area contributed by atoms with Gasteiger partial charge in [0, 0.05) is 17.7 Å². The highest BCUT2D eigenvalue weighted by atomic mass is 79.9. The fourth-order valence-corrected chi connectivity index (χ4v) is 2.48. The highest BCUT2D eigenvalue weighted by molar-refractivity contribution is 9.09. The molecule has 0 saturated heterocycles. The highest BCUT2D eigenvalue weighted by Crippen LogP contribution is 2.24. The van der Waals surface area contributed by atoms with Crippen LogP contribution in [0.1, 0.15) is 15.9 Å². The Hall–Kier alpha value is -2.20. The molecule has 0 aliphatic heterocycles. The zero-order valence-electron chi connectivity index (χ0n) is 12.0. The van der Waals surface area contributed by atoms with Crippen LogP contribution in [0.5, 0.6) is 0 Å². The first-order valence-electron chi connectivity index (χ1n) is 6.85. The number of ketones is 1. The first-order chi connectivity index (χ1) is 10.7. The lowest BCUT2D eigenvalue weighted by Crippen LogP contribution is -2.33. The van der Waals surface area contributed by atoms with Crippen molar-refractivity contribution in [2.75, 3.05) is 16.8 Å². The van der Waals surface area contributed by atoms with Crippen LogP contribution in [0, 0.1) is 0 Å². The second kappa shape index (κ2) is 7.71. The number of carbonyl (C=O) groups is 2. The molecule has 1 amide bonds. The van der Waals surface area contributed by atoms with E-state index in [2.05, 4.69) is 22.5 Å². The summed E-state index contributed by atoms with van der Waals surface area (Å²) in [5, 5.41) is 0.189. The largest absolute Gasteiger partial charge is 0.307 e. The van der Waals surface area contributed by atoms with Crippen LogP contribution in [0.3, 0.4) is 0 Å². The monoisotopic (exact) mass is 357 g/mol. The van der Waals surface area contributed by atoms with E-state index in [-0.39, 0.29) is 17.0 Å². The Balaban J connectivity index is 2.47. The summed E-state index contributed by atoms with van der Waals surface area (Å²) >= 11 is 3.18. The molecule has 0 unspecified atom stereocenters. The number of para-hydroxylation sites is 1. The van der Waals surface area contributed by atoms with Gasteiger partial charge in [0.05, 0.1) is 11.0 Å². The Morgan fingerprint density at radius 3 is 2.32 bits per heavy atom. The number of hydrogen-bond acceptors (Lipinski definition) is 2. The molecule has 2 aromatic rings. The maximum atomic E-state index is 12.7. The van der Waals surface area contributed by atoms with Gasteiger partial charge >= 0.3 is 0 Å². The van der Waals surface area contributed by atoms with E-state index < -0.39 is 0 Å². The molecule has 112 valence electrons. The SMILES string of the molecule is C=CCN(C(=O)CBr)c1ccccc1C(=O)c1ccccc1. The Bertz CT molecular complexity index is 682. The Kier molecular flexibility index (Phi) is 5.67. The predicted molar refractivity (Wildman–Crippen MR) is 92.7 cm³/mol. The fraction of sp³-hybridized carbons (Fsp3) is 0.111. The van der Waals surface area contributed by atoms with Crippen LogP contribution < -0.4 is 4.90 Å². The molecule has 0 aromatic heterocycles. The van der Waals surface area contributed by atoms with E-state index >= 15 is 0 Å². The minimum atomic E-state index is -0.117. The number of benzene rings is 2. The molecule has 0 bridgehead atoms. The number of halogens is 1. The summed E-state index contributed by atoms with van der Waals surface area (Å²) in [6, 6.07) is 16.2. The number of rotatable bonds is 6. The van der Waals surface area contributed by atoms with E-state index in [1.807, 2.05) is 24.3 Å². The quantitative estimate of drug-likeness (QED) is 0.447. The van der Waals surface area contributed by atoms with Gasteiger partial charge in [0.1, 0.15) is 0 Å². The Morgan fingerprint density at radius 1 is 1.05 bits per heavy atom. The minimum Gasteiger partial charge on any atom is -0.307 e. The van der Waals surface area contributed by atoms with Crippen LogP contribution in [-0.4, -0.2) is 23.6 Å². The molecule has 2 rings (SSSR count). The van der Waals surface area contributed by atoms with Crippen molar-refractivity contribution < 1.29 is 9.59 Å². The van der Waals surface area contributed by atoms with Crippen molar-refractivity contribution in [2.24, 2.45) is 0 Å². The average Bonchev–Trinajstić information content (AvgIpc) is 2.59. The van der Waals surface area contributed by atoms with Gasteiger partial charge in [-0.05, 0) is 12.1 Å². The number of alkyl halides is 1. The zero-order chi connectivity index (χ0) is 15.9. The van der Waals surface area contributed by atoms with Gasteiger partial charge in [0.15, 0.2) is 5.78 Å². The molecule has 0 N–H and O–H groups in total. The molecule has 22 heavy (non-hydrogen) atoms. The molecular weight excluding hydrogens is 342 g/mol. The summed E-state index contributed by atoms with van der Waals surface area (Å²) in [6.45, 7) is 4.03. The summed E-state index contributed by atoms with van der Waals surface area (Å²) in [5.41, 5.74) is 1.70. The summed E-state index contributed by atoms with van der Waals surface area (Å²) in [5.74, 6) is -0.221. The van der Waals surface area contributed by atoms with Crippen LogP contribution in [0.15, 0.2) is 67.3 Å². The second-order valence-corrected chi connectivity index (χ2v) is 5.20. The molecule has 0 spiro atoms. The van der Waals surface area contributed by atoms with Crippen LogP contribution in [0.4, 0.5) is 5.69 Å². The average molecular weight is 358 g/mol. The predicted octanol–water partition coefficient (Wildman–Crippen LogP) is 3.83. The Morgan fingerprint density at radius 2 is 1.68 bits per heavy atom. The number of amides is 1. The molecule has 0 aliphatic rings. The molecule has 0 aliphatic carbocycles. The topological polar surface area (TPSA) is 37.4 Å². The molecule has 2 aromatic carbocycles. The van der Waals surface area contributed by atoms with Crippen molar-refractivity contribution in [3.05, 3.63) is 78.4 Å². The maximum absolute atomic E-state index is 12.7. The van der Waals surface area contributed by atoms with Crippen molar-refractivity contribution in [1.29, 1.82) is 0 Å². The third kappa shape index (κ3) is 3.52. The zero-order valence-corrected chi connectivity index (χ0v) is 13.6. The number of carbonyl (C=O) groups excluding carboxylic acids is 2. The van der Waals surface area contributed by atoms with Gasteiger partial charge in [0.2, 0.25) is 5.91 Å². The van der Waals surface area contributed by atoms with E-state index in [9.17, 15) is 9.59 Å². The molecule has 0 saturated carbocycles. The van der Waals surface area contributed by atoms with Crippen LogP contribution in [0.2, 0.25) is 0 Å². The minimum absolute atomic E-state index is 0.104. The van der Waals surface area contributed by atoms with Gasteiger partial charge in [-0.1, -0.05) is 64.5 Å². The van der Waals surface area contributed by atoms with E-state index in [1.54, 1.807) is 41.3 Å². The van der Waals surface area contributed by atoms with Gasteiger partial charge < -0.3 is 4.90 Å². The van der Waals surface area contributed by atoms with E-state index in [1.165, 1.54) is 0 Å². The standard InChI is InChI=1S/C18H16BrNO2/c1-2-12-20(17(21)13-19)16-11-7-6-10-15(16)18(22)14-8-4-3-5-9-14/h2-11H,1,12-13H2. The number of anilines is 1. The molecule has 3 nitrogen and oxygen atoms in total. The van der Waals surface area contributed by atoms with Crippen LogP contribution >= 0.6 is 15.9 Å². The molecule has 0 heterocycles. The third-order valence-corrected chi connectivity index (χ3v) is 3.68. The van der Waals surface area contributed by atoms with E-state index in [4.69, 9.17) is 0 Å². The summed E-state index contributed by atoms with van der Waals surface area (Å²) < 4.78 is 0. The van der Waals surface area contributed by atoms with Crippen molar-refractivity contribution in [2.45, 2.75) is 0 Å². The summed E-state index contributed by atoms with van der Waals surface area (Å²) in [7, 11) is 0. The van der Waals surface area contributed by atoms with Gasteiger partial charge in [-0.15, -0.1) is 6.58 Å². The number of hydrogen-bond donors (Lipinski definition) is 0. The van der Waals surface area contributed by atoms with Crippen molar-refractivity contribution >= 4 is 33.3 Å². The lowest BCUT2D eigenvalue weighted by molar-refractivity contribution is -0.115. The van der Waals surface area contributed by atoms with Crippen molar-refractivity contribution in [3.63, 3.8) is 0 Å². The first-order valence-corrected chi connectivity index (χ1v) is 7.97. The molecule has 0 radical (unpaired) electrons. The van der Waals surface area contributed by atoms with Gasteiger partial charge in [-0.2, -0.15) is 0 Å². The fourth-order valence-electron chi connectivity index (χ4n) is 2.18.